The highest BCUT2D eigenvalue weighted by Gasteiger charge is 2.29. The van der Waals surface area contributed by atoms with Crippen molar-refractivity contribution in [1.82, 2.24) is 5.32 Å². The molecule has 0 saturated carbocycles. The second-order valence-electron chi connectivity index (χ2n) is 6.26. The number of amides is 1. The quantitative estimate of drug-likeness (QED) is 0.708. The number of benzene rings is 2. The van der Waals surface area contributed by atoms with E-state index in [1.165, 1.54) is 33.6 Å². The van der Waals surface area contributed by atoms with Crippen LogP contribution >= 0.6 is 11.3 Å². The fourth-order valence-corrected chi connectivity index (χ4v) is 4.20. The number of aliphatic hydroxyl groups excluding tert-OH is 1. The zero-order valence-electron chi connectivity index (χ0n) is 14.1. The van der Waals surface area contributed by atoms with Gasteiger partial charge in [-0.2, -0.15) is 11.3 Å². The average molecular weight is 365 g/mol. The van der Waals surface area contributed by atoms with Crippen LogP contribution in [0.5, 0.6) is 0 Å². The van der Waals surface area contributed by atoms with Gasteiger partial charge in [0, 0.05) is 5.92 Å². The lowest BCUT2D eigenvalue weighted by molar-refractivity contribution is 0.132. The van der Waals surface area contributed by atoms with Crippen molar-refractivity contribution >= 4 is 17.4 Å². The predicted molar refractivity (Wildman–Crippen MR) is 102 cm³/mol. The van der Waals surface area contributed by atoms with Gasteiger partial charge in [-0.3, -0.25) is 0 Å². The van der Waals surface area contributed by atoms with Gasteiger partial charge in [-0.15, -0.1) is 0 Å². The monoisotopic (exact) mass is 365 g/mol. The van der Waals surface area contributed by atoms with Crippen molar-refractivity contribution in [3.63, 3.8) is 0 Å². The van der Waals surface area contributed by atoms with Crippen LogP contribution in [0.15, 0.2) is 65.4 Å². The van der Waals surface area contributed by atoms with E-state index in [0.29, 0.717) is 0 Å². The summed E-state index contributed by atoms with van der Waals surface area (Å²) in [5.74, 6) is 0.0295. The van der Waals surface area contributed by atoms with E-state index in [1.54, 1.807) is 0 Å². The number of fused-ring (bicyclic) bond motifs is 3. The number of carbonyl (C=O) groups excluding carboxylic acids is 1. The molecule has 26 heavy (non-hydrogen) atoms. The number of aliphatic hydroxyl groups is 1. The van der Waals surface area contributed by atoms with Gasteiger partial charge in [-0.05, 0) is 44.6 Å². The molecule has 0 radical (unpaired) electrons. The molecule has 1 aliphatic rings. The van der Waals surface area contributed by atoms with Gasteiger partial charge in [-0.1, -0.05) is 48.5 Å². The second kappa shape index (κ2) is 7.32. The Bertz CT molecular complexity index is 862. The standard InChI is InChI=1S/C21H19NO3S/c23-11-20(14-9-10-26-13-14)22-21(24)25-12-19-17-7-3-1-5-15(17)16-6-2-4-8-18(16)19/h1-10,13,19-20,23H,11-12H2,(H,22,24). The van der Waals surface area contributed by atoms with Gasteiger partial charge in [0.05, 0.1) is 12.6 Å². The zero-order valence-corrected chi connectivity index (χ0v) is 14.9. The molecule has 1 atom stereocenters. The largest absolute Gasteiger partial charge is 0.449 e. The number of hydrogen-bond donors (Lipinski definition) is 2. The van der Waals surface area contributed by atoms with Gasteiger partial charge in [0.2, 0.25) is 0 Å². The third kappa shape index (κ3) is 3.11. The molecule has 1 aromatic heterocycles. The van der Waals surface area contributed by atoms with E-state index in [9.17, 15) is 9.90 Å². The first-order chi connectivity index (χ1) is 12.8. The summed E-state index contributed by atoms with van der Waals surface area (Å²) in [6.45, 7) is 0.0998. The number of nitrogens with one attached hydrogen (secondary N) is 1. The van der Waals surface area contributed by atoms with Crippen LogP contribution in [0, 0.1) is 0 Å². The molecule has 1 aliphatic carbocycles. The molecular formula is C21H19NO3S. The van der Waals surface area contributed by atoms with Crippen molar-refractivity contribution in [2.45, 2.75) is 12.0 Å². The summed E-state index contributed by atoms with van der Waals surface area (Å²) in [5.41, 5.74) is 5.63. The van der Waals surface area contributed by atoms with Crippen LogP contribution in [0.4, 0.5) is 4.79 Å². The first kappa shape index (κ1) is 16.8. The normalized spacial score (nSPS) is 13.7. The van der Waals surface area contributed by atoms with E-state index in [0.717, 1.165) is 5.56 Å². The lowest BCUT2D eigenvalue weighted by Gasteiger charge is -2.18. The summed E-state index contributed by atoms with van der Waals surface area (Å²) in [7, 11) is 0. The van der Waals surface area contributed by atoms with Crippen LogP contribution in [-0.2, 0) is 4.74 Å². The lowest BCUT2D eigenvalue weighted by atomic mass is 9.98. The molecule has 0 saturated heterocycles. The minimum Gasteiger partial charge on any atom is -0.449 e. The molecule has 4 rings (SSSR count). The van der Waals surface area contributed by atoms with Crippen LogP contribution in [-0.4, -0.2) is 24.4 Å². The topological polar surface area (TPSA) is 58.6 Å². The molecule has 132 valence electrons. The van der Waals surface area contributed by atoms with Gasteiger partial charge in [0.1, 0.15) is 6.61 Å². The number of thiophene rings is 1. The summed E-state index contributed by atoms with van der Waals surface area (Å²) >= 11 is 1.53. The van der Waals surface area contributed by atoms with E-state index < -0.39 is 12.1 Å². The van der Waals surface area contributed by atoms with Crippen molar-refractivity contribution in [2.75, 3.05) is 13.2 Å². The molecule has 0 spiro atoms. The van der Waals surface area contributed by atoms with Crippen LogP contribution < -0.4 is 5.32 Å². The van der Waals surface area contributed by atoms with Crippen molar-refractivity contribution in [2.24, 2.45) is 0 Å². The molecule has 2 N–H and O–H groups in total. The molecule has 5 heteroatoms. The Morgan fingerprint density at radius 1 is 1.08 bits per heavy atom. The number of ether oxygens (including phenoxy) is 1. The number of carbonyl (C=O) groups is 1. The second-order valence-corrected chi connectivity index (χ2v) is 7.04. The average Bonchev–Trinajstić information content (AvgIpc) is 3.31. The fraction of sp³-hybridized carbons (Fsp3) is 0.190. The molecule has 2 aromatic carbocycles. The molecule has 4 nitrogen and oxygen atoms in total. The van der Waals surface area contributed by atoms with Gasteiger partial charge in [0.25, 0.3) is 0 Å². The maximum absolute atomic E-state index is 12.2. The Hall–Kier alpha value is -2.63. The lowest BCUT2D eigenvalue weighted by Crippen LogP contribution is -2.32. The van der Waals surface area contributed by atoms with E-state index in [1.807, 2.05) is 41.1 Å². The molecule has 0 fully saturated rings. The number of alkyl carbamates (subject to hydrolysis) is 1. The van der Waals surface area contributed by atoms with Crippen LogP contribution in [0.25, 0.3) is 11.1 Å². The number of hydrogen-bond acceptors (Lipinski definition) is 4. The molecule has 1 unspecified atom stereocenters. The molecule has 1 amide bonds. The van der Waals surface area contributed by atoms with Crippen molar-refractivity contribution in [3.8, 4) is 11.1 Å². The summed E-state index contributed by atoms with van der Waals surface area (Å²) in [4.78, 5) is 12.2. The summed E-state index contributed by atoms with van der Waals surface area (Å²) in [5, 5.41) is 16.1. The Labute approximate surface area is 156 Å². The Kier molecular flexibility index (Phi) is 4.73. The number of rotatable bonds is 5. The highest BCUT2D eigenvalue weighted by atomic mass is 32.1. The third-order valence-electron chi connectivity index (χ3n) is 4.76. The fourth-order valence-electron chi connectivity index (χ4n) is 3.49. The molecule has 0 aliphatic heterocycles. The van der Waals surface area contributed by atoms with Gasteiger partial charge >= 0.3 is 6.09 Å². The first-order valence-corrected chi connectivity index (χ1v) is 9.46. The zero-order chi connectivity index (χ0) is 17.9. The van der Waals surface area contributed by atoms with Crippen molar-refractivity contribution in [3.05, 3.63) is 82.0 Å². The van der Waals surface area contributed by atoms with Crippen molar-refractivity contribution < 1.29 is 14.6 Å². The first-order valence-electron chi connectivity index (χ1n) is 8.52. The third-order valence-corrected chi connectivity index (χ3v) is 5.47. The van der Waals surface area contributed by atoms with Gasteiger partial charge < -0.3 is 15.2 Å². The van der Waals surface area contributed by atoms with E-state index in [-0.39, 0.29) is 19.1 Å². The molecule has 1 heterocycles. The predicted octanol–water partition coefficient (Wildman–Crippen LogP) is 4.32. The smallest absolute Gasteiger partial charge is 0.407 e. The maximum atomic E-state index is 12.2. The van der Waals surface area contributed by atoms with E-state index >= 15 is 0 Å². The van der Waals surface area contributed by atoms with Crippen molar-refractivity contribution in [1.29, 1.82) is 0 Å². The Morgan fingerprint density at radius 3 is 2.31 bits per heavy atom. The minimum absolute atomic E-state index is 0.0295. The summed E-state index contributed by atoms with van der Waals surface area (Å²) < 4.78 is 5.51. The summed E-state index contributed by atoms with van der Waals surface area (Å²) in [6.07, 6.45) is -0.517. The molecule has 3 aromatic rings. The van der Waals surface area contributed by atoms with Gasteiger partial charge in [0.15, 0.2) is 0 Å². The highest BCUT2D eigenvalue weighted by molar-refractivity contribution is 7.08. The summed E-state index contributed by atoms with van der Waals surface area (Å²) in [6, 6.07) is 17.9. The molecular weight excluding hydrogens is 346 g/mol. The maximum Gasteiger partial charge on any atom is 0.407 e. The Morgan fingerprint density at radius 2 is 1.73 bits per heavy atom. The minimum atomic E-state index is -0.517. The Balaban J connectivity index is 1.47. The molecule has 0 bridgehead atoms. The van der Waals surface area contributed by atoms with Crippen LogP contribution in [0.3, 0.4) is 0 Å². The van der Waals surface area contributed by atoms with E-state index in [4.69, 9.17) is 4.74 Å². The highest BCUT2D eigenvalue weighted by Crippen LogP contribution is 2.44. The van der Waals surface area contributed by atoms with Crippen LogP contribution in [0.2, 0.25) is 0 Å². The van der Waals surface area contributed by atoms with Crippen LogP contribution in [0.1, 0.15) is 28.7 Å². The van der Waals surface area contributed by atoms with E-state index in [2.05, 4.69) is 29.6 Å². The van der Waals surface area contributed by atoms with Gasteiger partial charge in [-0.25, -0.2) is 4.79 Å². The SMILES string of the molecule is O=C(NC(CO)c1ccsc1)OCC1c2ccccc2-c2ccccc21.